The highest BCUT2D eigenvalue weighted by atomic mass is 19.1. The first-order valence-electron chi connectivity index (χ1n) is 8.75. The summed E-state index contributed by atoms with van der Waals surface area (Å²) < 4.78 is 32.7. The Kier molecular flexibility index (Phi) is 5.89. The summed E-state index contributed by atoms with van der Waals surface area (Å²) in [7, 11) is 1.79. The Labute approximate surface area is 162 Å². The Bertz CT molecular complexity index is 985. The van der Waals surface area contributed by atoms with Crippen LogP contribution in [0.1, 0.15) is 16.7 Å². The van der Waals surface area contributed by atoms with E-state index >= 15 is 0 Å². The molecule has 0 atom stereocenters. The van der Waals surface area contributed by atoms with Gasteiger partial charge in [-0.25, -0.2) is 13.8 Å². The Morgan fingerprint density at radius 1 is 1.11 bits per heavy atom. The second kappa shape index (κ2) is 8.52. The maximum atomic E-state index is 13.3. The zero-order valence-corrected chi connectivity index (χ0v) is 15.7. The number of anilines is 1. The molecule has 0 saturated heterocycles. The summed E-state index contributed by atoms with van der Waals surface area (Å²) in [6, 6.07) is 12.7. The molecular formula is C22H21F2N3O. The van der Waals surface area contributed by atoms with Crippen molar-refractivity contribution >= 4 is 11.5 Å². The van der Waals surface area contributed by atoms with Gasteiger partial charge in [-0.1, -0.05) is 18.7 Å². The van der Waals surface area contributed by atoms with E-state index < -0.39 is 11.6 Å². The van der Waals surface area contributed by atoms with E-state index in [1.165, 1.54) is 12.1 Å². The molecule has 0 aliphatic heterocycles. The third-order valence-corrected chi connectivity index (χ3v) is 4.25. The fourth-order valence-corrected chi connectivity index (χ4v) is 2.81. The van der Waals surface area contributed by atoms with Crippen molar-refractivity contribution in [3.8, 4) is 11.5 Å². The molecule has 144 valence electrons. The van der Waals surface area contributed by atoms with Crippen molar-refractivity contribution in [3.05, 3.63) is 89.6 Å². The van der Waals surface area contributed by atoms with Crippen LogP contribution in [0.4, 0.5) is 14.6 Å². The normalized spacial score (nSPS) is 10.4. The van der Waals surface area contributed by atoms with E-state index in [2.05, 4.69) is 22.2 Å². The monoisotopic (exact) mass is 381 g/mol. The number of nitrogens with zero attached hydrogens (tertiary/aromatic N) is 1. The van der Waals surface area contributed by atoms with Crippen LogP contribution < -0.4 is 15.4 Å². The molecule has 0 bridgehead atoms. The zero-order valence-electron chi connectivity index (χ0n) is 15.7. The molecule has 0 radical (unpaired) electrons. The number of halogens is 2. The molecular weight excluding hydrogens is 360 g/mol. The summed E-state index contributed by atoms with van der Waals surface area (Å²) >= 11 is 0. The lowest BCUT2D eigenvalue weighted by Crippen LogP contribution is -2.12. The van der Waals surface area contributed by atoms with E-state index in [-0.39, 0.29) is 6.54 Å². The number of hydrogen-bond acceptors (Lipinski definition) is 4. The fraction of sp³-hybridized carbons (Fsp3) is 0.136. The van der Waals surface area contributed by atoms with Gasteiger partial charge < -0.3 is 15.4 Å². The topological polar surface area (TPSA) is 46.2 Å². The Hall–Kier alpha value is -3.41. The number of rotatable bonds is 7. The van der Waals surface area contributed by atoms with Gasteiger partial charge >= 0.3 is 0 Å². The first kappa shape index (κ1) is 19.4. The molecule has 0 fully saturated rings. The highest BCUT2D eigenvalue weighted by Gasteiger charge is 2.10. The smallest absolute Gasteiger partial charge is 0.132 e. The van der Waals surface area contributed by atoms with E-state index in [4.69, 9.17) is 4.74 Å². The summed E-state index contributed by atoms with van der Waals surface area (Å²) in [5.74, 6) is 0.846. The van der Waals surface area contributed by atoms with Crippen molar-refractivity contribution in [2.24, 2.45) is 0 Å². The molecule has 6 heteroatoms. The van der Waals surface area contributed by atoms with Gasteiger partial charge in [0.25, 0.3) is 0 Å². The van der Waals surface area contributed by atoms with Crippen molar-refractivity contribution < 1.29 is 13.5 Å². The van der Waals surface area contributed by atoms with Gasteiger partial charge in [0.05, 0.1) is 0 Å². The largest absolute Gasteiger partial charge is 0.457 e. The average molecular weight is 381 g/mol. The maximum Gasteiger partial charge on any atom is 0.132 e. The summed E-state index contributed by atoms with van der Waals surface area (Å²) in [5.41, 5.74) is 2.89. The predicted molar refractivity (Wildman–Crippen MR) is 107 cm³/mol. The van der Waals surface area contributed by atoms with Crippen LogP contribution >= 0.6 is 0 Å². The number of nitrogens with one attached hydrogen (secondary N) is 2. The van der Waals surface area contributed by atoms with Gasteiger partial charge in [-0.3, -0.25) is 0 Å². The second-order valence-corrected chi connectivity index (χ2v) is 6.27. The Morgan fingerprint density at radius 2 is 1.86 bits per heavy atom. The minimum absolute atomic E-state index is 0.258. The fourth-order valence-electron chi connectivity index (χ4n) is 2.81. The lowest BCUT2D eigenvalue weighted by molar-refractivity contribution is 0.478. The molecule has 1 heterocycles. The molecule has 28 heavy (non-hydrogen) atoms. The van der Waals surface area contributed by atoms with Crippen molar-refractivity contribution in [3.63, 3.8) is 0 Å². The Balaban J connectivity index is 1.75. The first-order chi connectivity index (χ1) is 13.5. The van der Waals surface area contributed by atoms with Gasteiger partial charge in [0, 0.05) is 48.7 Å². The van der Waals surface area contributed by atoms with Gasteiger partial charge in [-0.15, -0.1) is 0 Å². The molecule has 0 amide bonds. The van der Waals surface area contributed by atoms with Crippen molar-refractivity contribution in [2.45, 2.75) is 13.5 Å². The highest BCUT2D eigenvalue weighted by Crippen LogP contribution is 2.30. The lowest BCUT2D eigenvalue weighted by Gasteiger charge is -2.16. The molecule has 0 spiro atoms. The van der Waals surface area contributed by atoms with Crippen LogP contribution in [0.2, 0.25) is 0 Å². The van der Waals surface area contributed by atoms with Crippen LogP contribution in [0.3, 0.4) is 0 Å². The van der Waals surface area contributed by atoms with Crippen molar-refractivity contribution in [2.75, 3.05) is 12.4 Å². The molecule has 0 aliphatic rings. The second-order valence-electron chi connectivity index (χ2n) is 6.27. The highest BCUT2D eigenvalue weighted by molar-refractivity contribution is 5.67. The predicted octanol–water partition coefficient (Wildman–Crippen LogP) is 5.26. The van der Waals surface area contributed by atoms with Crippen LogP contribution in [0.5, 0.6) is 11.5 Å². The van der Waals surface area contributed by atoms with Crippen LogP contribution in [-0.2, 0) is 6.54 Å². The number of hydrogen-bond donors (Lipinski definition) is 2. The van der Waals surface area contributed by atoms with Crippen LogP contribution in [0, 0.1) is 18.6 Å². The Morgan fingerprint density at radius 3 is 2.57 bits per heavy atom. The van der Waals surface area contributed by atoms with Crippen LogP contribution in [0.25, 0.3) is 5.70 Å². The molecule has 0 unspecified atom stereocenters. The minimum atomic E-state index is -0.604. The van der Waals surface area contributed by atoms with Gasteiger partial charge in [-0.2, -0.15) is 0 Å². The molecule has 2 aromatic carbocycles. The number of pyridine rings is 1. The summed E-state index contributed by atoms with van der Waals surface area (Å²) in [6.07, 6.45) is 1.67. The van der Waals surface area contributed by atoms with Gasteiger partial charge in [-0.05, 0) is 36.8 Å². The van der Waals surface area contributed by atoms with Crippen LogP contribution in [0.15, 0.2) is 61.3 Å². The minimum Gasteiger partial charge on any atom is -0.457 e. The molecule has 3 aromatic rings. The molecule has 2 N–H and O–H groups in total. The third-order valence-electron chi connectivity index (χ3n) is 4.25. The SMILES string of the molecule is C=C(NCc1cc(F)cc(F)c1)c1cccc(Oc2ccnc(NC)c2)c1C. The van der Waals surface area contributed by atoms with E-state index in [0.717, 1.165) is 17.2 Å². The van der Waals surface area contributed by atoms with Gasteiger partial charge in [0.2, 0.25) is 0 Å². The molecule has 4 nitrogen and oxygen atoms in total. The number of aromatic nitrogens is 1. The molecule has 0 saturated carbocycles. The van der Waals surface area contributed by atoms with E-state index in [9.17, 15) is 8.78 Å². The zero-order chi connectivity index (χ0) is 20.1. The van der Waals surface area contributed by atoms with Crippen molar-refractivity contribution in [1.29, 1.82) is 0 Å². The van der Waals surface area contributed by atoms with Gasteiger partial charge in [0.1, 0.15) is 29.0 Å². The quantitative estimate of drug-likeness (QED) is 0.586. The van der Waals surface area contributed by atoms with E-state index in [0.29, 0.717) is 28.6 Å². The summed E-state index contributed by atoms with van der Waals surface area (Å²) in [5, 5.41) is 6.09. The first-order valence-corrected chi connectivity index (χ1v) is 8.75. The average Bonchev–Trinajstić information content (AvgIpc) is 2.67. The molecule has 1 aromatic heterocycles. The number of benzene rings is 2. The number of ether oxygens (including phenoxy) is 1. The molecule has 0 aliphatic carbocycles. The third kappa shape index (κ3) is 4.65. The van der Waals surface area contributed by atoms with E-state index in [1.807, 2.05) is 25.1 Å². The lowest BCUT2D eigenvalue weighted by atomic mass is 10.0. The van der Waals surface area contributed by atoms with Crippen LogP contribution in [-0.4, -0.2) is 12.0 Å². The van der Waals surface area contributed by atoms with Gasteiger partial charge in [0.15, 0.2) is 0 Å². The summed E-state index contributed by atoms with van der Waals surface area (Å²) in [6.45, 7) is 6.24. The maximum absolute atomic E-state index is 13.3. The van der Waals surface area contributed by atoms with Crippen molar-refractivity contribution in [1.82, 2.24) is 10.3 Å². The summed E-state index contributed by atoms with van der Waals surface area (Å²) in [4.78, 5) is 4.16. The molecule has 3 rings (SSSR count). The van der Waals surface area contributed by atoms with E-state index in [1.54, 1.807) is 25.4 Å². The standard InChI is InChI=1S/C22H21F2N3O/c1-14-20(15(2)27-13-16-9-17(23)11-18(24)10-16)5-4-6-21(14)28-19-7-8-26-22(12-19)25-3/h4-12,27H,2,13H2,1,3H3,(H,25,26).